The minimum Gasteiger partial charge on any atom is -0.497 e. The molecule has 0 spiro atoms. The van der Waals surface area contributed by atoms with Crippen molar-refractivity contribution in [2.45, 2.75) is 6.54 Å². The summed E-state index contributed by atoms with van der Waals surface area (Å²) in [6.07, 6.45) is 0. The van der Waals surface area contributed by atoms with Crippen LogP contribution in [-0.2, 0) is 6.54 Å². The van der Waals surface area contributed by atoms with E-state index in [2.05, 4.69) is 14.9 Å². The van der Waals surface area contributed by atoms with Crippen LogP contribution in [0.1, 0.15) is 16.1 Å². The average molecular weight is 249 g/mol. The fourth-order valence-electron chi connectivity index (χ4n) is 1.28. The summed E-state index contributed by atoms with van der Waals surface area (Å²) in [4.78, 5) is 11.7. The smallest absolute Gasteiger partial charge is 0.251 e. The zero-order chi connectivity index (χ0) is 12.1. The molecule has 17 heavy (non-hydrogen) atoms. The van der Waals surface area contributed by atoms with Crippen molar-refractivity contribution in [2.24, 2.45) is 0 Å². The Labute approximate surface area is 103 Å². The molecule has 0 atom stereocenters. The zero-order valence-electron chi connectivity index (χ0n) is 9.21. The van der Waals surface area contributed by atoms with Crippen LogP contribution >= 0.6 is 11.5 Å². The Morgan fingerprint density at radius 1 is 1.41 bits per heavy atom. The van der Waals surface area contributed by atoms with E-state index in [4.69, 9.17) is 4.74 Å². The van der Waals surface area contributed by atoms with Crippen molar-refractivity contribution in [3.05, 3.63) is 40.9 Å². The molecule has 0 aliphatic rings. The van der Waals surface area contributed by atoms with Crippen molar-refractivity contribution in [1.82, 2.24) is 14.9 Å². The van der Waals surface area contributed by atoms with E-state index in [1.165, 1.54) is 11.5 Å². The highest BCUT2D eigenvalue weighted by molar-refractivity contribution is 7.03. The molecule has 5 nitrogen and oxygen atoms in total. The molecule has 1 heterocycles. The third kappa shape index (κ3) is 3.01. The Balaban J connectivity index is 1.95. The maximum Gasteiger partial charge on any atom is 0.251 e. The molecule has 0 radical (unpaired) electrons. The number of nitrogens with one attached hydrogen (secondary N) is 1. The first-order valence-electron chi connectivity index (χ1n) is 4.98. The lowest BCUT2D eigenvalue weighted by Gasteiger charge is -2.04. The van der Waals surface area contributed by atoms with Gasteiger partial charge in [-0.15, -0.1) is 5.10 Å². The van der Waals surface area contributed by atoms with E-state index in [-0.39, 0.29) is 5.91 Å². The van der Waals surface area contributed by atoms with Gasteiger partial charge in [0.25, 0.3) is 5.91 Å². The van der Waals surface area contributed by atoms with E-state index in [0.717, 1.165) is 11.4 Å². The fourth-order valence-corrected chi connectivity index (χ4v) is 1.73. The second kappa shape index (κ2) is 5.40. The number of nitrogens with zero attached hydrogens (tertiary/aromatic N) is 2. The van der Waals surface area contributed by atoms with Crippen LogP contribution in [0, 0.1) is 0 Å². The molecule has 2 rings (SSSR count). The van der Waals surface area contributed by atoms with Gasteiger partial charge in [-0.1, -0.05) is 4.49 Å². The summed E-state index contributed by atoms with van der Waals surface area (Å²) >= 11 is 1.26. The lowest BCUT2D eigenvalue weighted by molar-refractivity contribution is 0.0950. The zero-order valence-corrected chi connectivity index (χ0v) is 10.0. The SMILES string of the molecule is COc1ccc(C(=O)NCc2csnn2)cc1. The van der Waals surface area contributed by atoms with E-state index >= 15 is 0 Å². The minimum absolute atomic E-state index is 0.138. The van der Waals surface area contributed by atoms with Gasteiger partial charge >= 0.3 is 0 Å². The van der Waals surface area contributed by atoms with E-state index in [1.807, 2.05) is 0 Å². The number of methoxy groups -OCH3 is 1. The molecule has 2 aromatic rings. The van der Waals surface area contributed by atoms with Gasteiger partial charge in [-0.2, -0.15) is 0 Å². The molecule has 0 saturated heterocycles. The number of carbonyl (C=O) groups is 1. The second-order valence-electron chi connectivity index (χ2n) is 3.31. The van der Waals surface area contributed by atoms with Gasteiger partial charge in [0.15, 0.2) is 0 Å². The summed E-state index contributed by atoms with van der Waals surface area (Å²) in [6.45, 7) is 0.390. The van der Waals surface area contributed by atoms with Crippen LogP contribution in [0.15, 0.2) is 29.6 Å². The molecular weight excluding hydrogens is 238 g/mol. The predicted molar refractivity (Wildman–Crippen MR) is 64.1 cm³/mol. The first-order valence-corrected chi connectivity index (χ1v) is 5.81. The topological polar surface area (TPSA) is 64.1 Å². The molecule has 0 aliphatic heterocycles. The lowest BCUT2D eigenvalue weighted by atomic mass is 10.2. The summed E-state index contributed by atoms with van der Waals surface area (Å²) in [6, 6.07) is 6.93. The number of rotatable bonds is 4. The van der Waals surface area contributed by atoms with Crippen LogP contribution in [0.25, 0.3) is 0 Å². The number of benzene rings is 1. The van der Waals surface area contributed by atoms with E-state index in [0.29, 0.717) is 12.1 Å². The van der Waals surface area contributed by atoms with Crippen LogP contribution < -0.4 is 10.1 Å². The molecule has 1 amide bonds. The van der Waals surface area contributed by atoms with Crippen molar-refractivity contribution in [3.63, 3.8) is 0 Å². The molecule has 0 aliphatic carbocycles. The molecule has 0 bridgehead atoms. The highest BCUT2D eigenvalue weighted by atomic mass is 32.1. The number of ether oxygens (including phenoxy) is 1. The monoisotopic (exact) mass is 249 g/mol. The number of hydrogen-bond acceptors (Lipinski definition) is 5. The first kappa shape index (κ1) is 11.5. The molecule has 0 fully saturated rings. The summed E-state index contributed by atoms with van der Waals surface area (Å²) in [5.41, 5.74) is 1.35. The molecule has 0 unspecified atom stereocenters. The molecule has 1 aromatic heterocycles. The molecule has 1 N–H and O–H groups in total. The standard InChI is InChI=1S/C11H11N3O2S/c1-16-10-4-2-8(3-5-10)11(15)12-6-9-7-17-14-13-9/h2-5,7H,6H2,1H3,(H,12,15). The number of hydrogen-bond donors (Lipinski definition) is 1. The Hall–Kier alpha value is -1.95. The van der Waals surface area contributed by atoms with Gasteiger partial charge < -0.3 is 10.1 Å². The predicted octanol–water partition coefficient (Wildman–Crippen LogP) is 1.48. The molecule has 1 aromatic carbocycles. The molecular formula is C11H11N3O2S. The third-order valence-corrected chi connectivity index (χ3v) is 2.74. The summed E-state index contributed by atoms with van der Waals surface area (Å²) in [5, 5.41) is 8.41. The Bertz CT molecular complexity index is 482. The van der Waals surface area contributed by atoms with Crippen molar-refractivity contribution < 1.29 is 9.53 Å². The normalized spacial score (nSPS) is 9.94. The molecule has 88 valence electrons. The van der Waals surface area contributed by atoms with Crippen LogP contribution in [0.4, 0.5) is 0 Å². The maximum absolute atomic E-state index is 11.7. The second-order valence-corrected chi connectivity index (χ2v) is 3.92. The number of carbonyl (C=O) groups excluding carboxylic acids is 1. The fraction of sp³-hybridized carbons (Fsp3) is 0.182. The van der Waals surface area contributed by atoms with Crippen molar-refractivity contribution in [3.8, 4) is 5.75 Å². The summed E-state index contributed by atoms with van der Waals surface area (Å²) < 4.78 is 8.74. The van der Waals surface area contributed by atoms with Crippen LogP contribution in [-0.4, -0.2) is 22.6 Å². The van der Waals surface area contributed by atoms with Crippen LogP contribution in [0.2, 0.25) is 0 Å². The highest BCUT2D eigenvalue weighted by Gasteiger charge is 2.05. The quantitative estimate of drug-likeness (QED) is 0.891. The van der Waals surface area contributed by atoms with Crippen molar-refractivity contribution >= 4 is 17.4 Å². The average Bonchev–Trinajstić information content (AvgIpc) is 2.89. The van der Waals surface area contributed by atoms with Gasteiger partial charge in [0.1, 0.15) is 5.75 Å². The van der Waals surface area contributed by atoms with Gasteiger partial charge in [0, 0.05) is 10.9 Å². The largest absolute Gasteiger partial charge is 0.497 e. The van der Waals surface area contributed by atoms with Gasteiger partial charge in [0.05, 0.1) is 19.3 Å². The van der Waals surface area contributed by atoms with Gasteiger partial charge in [0.2, 0.25) is 0 Å². The Morgan fingerprint density at radius 3 is 2.76 bits per heavy atom. The maximum atomic E-state index is 11.7. The van der Waals surface area contributed by atoms with E-state index < -0.39 is 0 Å². The molecule has 6 heteroatoms. The lowest BCUT2D eigenvalue weighted by Crippen LogP contribution is -2.22. The highest BCUT2D eigenvalue weighted by Crippen LogP contribution is 2.11. The third-order valence-electron chi connectivity index (χ3n) is 2.19. The van der Waals surface area contributed by atoms with Gasteiger partial charge in [-0.05, 0) is 35.8 Å². The van der Waals surface area contributed by atoms with Crippen molar-refractivity contribution in [2.75, 3.05) is 7.11 Å². The Kier molecular flexibility index (Phi) is 3.66. The van der Waals surface area contributed by atoms with Crippen molar-refractivity contribution in [1.29, 1.82) is 0 Å². The minimum atomic E-state index is -0.138. The van der Waals surface area contributed by atoms with E-state index in [9.17, 15) is 4.79 Å². The van der Waals surface area contributed by atoms with Crippen LogP contribution in [0.3, 0.4) is 0 Å². The first-order chi connectivity index (χ1) is 8.29. The molecule has 0 saturated carbocycles. The van der Waals surface area contributed by atoms with E-state index in [1.54, 1.807) is 36.8 Å². The van der Waals surface area contributed by atoms with Gasteiger partial charge in [-0.3, -0.25) is 4.79 Å². The summed E-state index contributed by atoms with van der Waals surface area (Å²) in [7, 11) is 1.59. The number of amides is 1. The van der Waals surface area contributed by atoms with Crippen LogP contribution in [0.5, 0.6) is 5.75 Å². The van der Waals surface area contributed by atoms with Gasteiger partial charge in [-0.25, -0.2) is 0 Å². The summed E-state index contributed by atoms with van der Waals surface area (Å²) in [5.74, 6) is 0.589. The number of aromatic nitrogens is 2. The Morgan fingerprint density at radius 2 is 2.18 bits per heavy atom.